The number of nitrogens with one attached hydrogen (secondary N) is 2. The lowest BCUT2D eigenvalue weighted by atomic mass is 10.1. The van der Waals surface area contributed by atoms with Crippen molar-refractivity contribution in [1.29, 1.82) is 0 Å². The van der Waals surface area contributed by atoms with Gasteiger partial charge in [0.05, 0.1) is 19.5 Å². The van der Waals surface area contributed by atoms with E-state index in [1.54, 1.807) is 6.20 Å². The summed E-state index contributed by atoms with van der Waals surface area (Å²) in [6.45, 7) is 6.85. The second-order valence-corrected chi connectivity index (χ2v) is 7.99. The highest BCUT2D eigenvalue weighted by atomic mass is 127. The van der Waals surface area contributed by atoms with E-state index in [4.69, 9.17) is 4.74 Å². The second kappa shape index (κ2) is 13.3. The maximum atomic E-state index is 5.48. The highest BCUT2D eigenvalue weighted by Gasteiger charge is 2.12. The first-order chi connectivity index (χ1) is 15.8. The van der Waals surface area contributed by atoms with Gasteiger partial charge in [-0.2, -0.15) is 0 Å². The third-order valence-electron chi connectivity index (χ3n) is 5.66. The molecule has 2 N–H and O–H groups in total. The molecule has 4 rings (SSSR count). The van der Waals surface area contributed by atoms with Crippen molar-refractivity contribution in [2.45, 2.75) is 26.2 Å². The molecule has 0 aliphatic carbocycles. The van der Waals surface area contributed by atoms with Gasteiger partial charge in [-0.3, -0.25) is 9.89 Å². The Hall–Kier alpha value is -2.43. The van der Waals surface area contributed by atoms with Gasteiger partial charge in [-0.1, -0.05) is 48.5 Å². The van der Waals surface area contributed by atoms with Crippen molar-refractivity contribution < 1.29 is 4.74 Å². The Labute approximate surface area is 213 Å². The van der Waals surface area contributed by atoms with Gasteiger partial charge < -0.3 is 19.9 Å². The molecular formula is C25H33IN6O. The fourth-order valence-corrected chi connectivity index (χ4v) is 3.90. The fourth-order valence-electron chi connectivity index (χ4n) is 3.90. The molecule has 33 heavy (non-hydrogen) atoms. The summed E-state index contributed by atoms with van der Waals surface area (Å²) in [5.74, 6) is 0.797. The van der Waals surface area contributed by atoms with Gasteiger partial charge in [0, 0.05) is 58.7 Å². The van der Waals surface area contributed by atoms with Crippen LogP contribution in [0.3, 0.4) is 0 Å². The van der Waals surface area contributed by atoms with Crippen molar-refractivity contribution in [2.75, 3.05) is 33.4 Å². The fraction of sp³-hybridized carbons (Fsp3) is 0.360. The average Bonchev–Trinajstić information content (AvgIpc) is 3.34. The molecule has 2 aromatic carbocycles. The molecule has 1 aliphatic heterocycles. The predicted octanol–water partition coefficient (Wildman–Crippen LogP) is 3.25. The minimum Gasteiger partial charge on any atom is -0.379 e. The summed E-state index contributed by atoms with van der Waals surface area (Å²) < 4.78 is 7.55. The number of ether oxygens (including phenoxy) is 1. The Balaban J connectivity index is 0.00000306. The van der Waals surface area contributed by atoms with E-state index in [0.717, 1.165) is 51.9 Å². The van der Waals surface area contributed by atoms with Gasteiger partial charge in [-0.25, -0.2) is 4.98 Å². The van der Waals surface area contributed by atoms with Crippen molar-refractivity contribution in [2.24, 2.45) is 4.99 Å². The van der Waals surface area contributed by atoms with Gasteiger partial charge >= 0.3 is 0 Å². The van der Waals surface area contributed by atoms with Gasteiger partial charge in [0.1, 0.15) is 0 Å². The summed E-state index contributed by atoms with van der Waals surface area (Å²) in [6, 6.07) is 17.2. The third-order valence-corrected chi connectivity index (χ3v) is 5.66. The summed E-state index contributed by atoms with van der Waals surface area (Å²) in [5, 5.41) is 6.90. The number of guanidine groups is 1. The molecule has 0 atom stereocenters. The van der Waals surface area contributed by atoms with Crippen LogP contribution in [0.1, 0.15) is 22.3 Å². The van der Waals surface area contributed by atoms with Crippen LogP contribution in [0.4, 0.5) is 0 Å². The Morgan fingerprint density at radius 3 is 2.48 bits per heavy atom. The van der Waals surface area contributed by atoms with Gasteiger partial charge in [0.25, 0.3) is 0 Å². The van der Waals surface area contributed by atoms with Crippen LogP contribution >= 0.6 is 24.0 Å². The zero-order chi connectivity index (χ0) is 22.0. The van der Waals surface area contributed by atoms with Crippen molar-refractivity contribution in [3.05, 3.63) is 89.5 Å². The van der Waals surface area contributed by atoms with Crippen LogP contribution in [0.5, 0.6) is 0 Å². The monoisotopic (exact) mass is 560 g/mol. The topological polar surface area (TPSA) is 66.7 Å². The Morgan fingerprint density at radius 1 is 0.970 bits per heavy atom. The molecule has 0 saturated carbocycles. The van der Waals surface area contributed by atoms with Crippen LogP contribution in [0.15, 0.2) is 72.2 Å². The van der Waals surface area contributed by atoms with Crippen LogP contribution in [0, 0.1) is 0 Å². The predicted molar refractivity (Wildman–Crippen MR) is 143 cm³/mol. The molecule has 2 heterocycles. The minimum absolute atomic E-state index is 0. The van der Waals surface area contributed by atoms with Crippen molar-refractivity contribution in [1.82, 2.24) is 25.1 Å². The molecule has 0 bridgehead atoms. The zero-order valence-electron chi connectivity index (χ0n) is 19.1. The van der Waals surface area contributed by atoms with Crippen molar-refractivity contribution >= 4 is 29.9 Å². The number of hydrogen-bond acceptors (Lipinski definition) is 4. The maximum Gasteiger partial charge on any atom is 0.191 e. The van der Waals surface area contributed by atoms with E-state index in [2.05, 4.69) is 78.6 Å². The molecule has 0 radical (unpaired) electrons. The lowest BCUT2D eigenvalue weighted by molar-refractivity contribution is 0.0341. The Kier molecular flexibility index (Phi) is 10.2. The largest absolute Gasteiger partial charge is 0.379 e. The Bertz CT molecular complexity index is 1000. The number of hydrogen-bond donors (Lipinski definition) is 2. The number of imidazole rings is 1. The van der Waals surface area contributed by atoms with Crippen LogP contribution in [0.2, 0.25) is 0 Å². The summed E-state index contributed by atoms with van der Waals surface area (Å²) in [7, 11) is 1.81. The molecule has 176 valence electrons. The average molecular weight is 560 g/mol. The van der Waals surface area contributed by atoms with E-state index >= 15 is 0 Å². The third kappa shape index (κ3) is 7.83. The van der Waals surface area contributed by atoms with Crippen LogP contribution in [-0.4, -0.2) is 53.8 Å². The van der Waals surface area contributed by atoms with E-state index in [9.17, 15) is 0 Å². The molecule has 1 saturated heterocycles. The first-order valence-electron chi connectivity index (χ1n) is 11.1. The normalized spacial score (nSPS) is 14.5. The molecule has 0 unspecified atom stereocenters. The summed E-state index contributed by atoms with van der Waals surface area (Å²) in [4.78, 5) is 11.0. The number of nitrogens with zero attached hydrogens (tertiary/aromatic N) is 4. The zero-order valence-corrected chi connectivity index (χ0v) is 21.4. The van der Waals surface area contributed by atoms with E-state index in [-0.39, 0.29) is 24.0 Å². The highest BCUT2D eigenvalue weighted by Crippen LogP contribution is 2.13. The minimum atomic E-state index is 0. The van der Waals surface area contributed by atoms with Crippen LogP contribution in [-0.2, 0) is 30.9 Å². The standard InChI is InChI=1S/C25H32N6O.HI/c1-26-25(28-16-21-5-4-6-22(15-21)18-31-10-9-27-20-31)29-17-23-7-2-3-8-24(23)19-30-11-13-32-14-12-30;/h2-10,15,20H,11-14,16-19H2,1H3,(H2,26,28,29);1H. The summed E-state index contributed by atoms with van der Waals surface area (Å²) in [6.07, 6.45) is 5.63. The first-order valence-corrected chi connectivity index (χ1v) is 11.1. The molecule has 1 aromatic heterocycles. The van der Waals surface area contributed by atoms with Gasteiger partial charge in [0.2, 0.25) is 0 Å². The lowest BCUT2D eigenvalue weighted by Crippen LogP contribution is -2.37. The van der Waals surface area contributed by atoms with E-state index in [0.29, 0.717) is 6.54 Å². The summed E-state index contributed by atoms with van der Waals surface area (Å²) in [5.41, 5.74) is 5.12. The van der Waals surface area contributed by atoms with Crippen molar-refractivity contribution in [3.8, 4) is 0 Å². The number of halogens is 1. The number of morpholine rings is 1. The number of benzene rings is 2. The lowest BCUT2D eigenvalue weighted by Gasteiger charge is -2.27. The Morgan fingerprint density at radius 2 is 1.73 bits per heavy atom. The number of aromatic nitrogens is 2. The SMILES string of the molecule is CN=C(NCc1cccc(Cn2ccnc2)c1)NCc1ccccc1CN1CCOCC1.I. The van der Waals surface area contributed by atoms with Gasteiger partial charge in [-0.05, 0) is 22.3 Å². The summed E-state index contributed by atoms with van der Waals surface area (Å²) >= 11 is 0. The second-order valence-electron chi connectivity index (χ2n) is 7.99. The van der Waals surface area contributed by atoms with Crippen molar-refractivity contribution in [3.63, 3.8) is 0 Å². The molecule has 0 amide bonds. The first kappa shape index (κ1) is 25.2. The number of rotatable bonds is 8. The van der Waals surface area contributed by atoms with E-state index in [1.807, 2.05) is 19.6 Å². The molecule has 0 spiro atoms. The van der Waals surface area contributed by atoms with Crippen LogP contribution in [0.25, 0.3) is 0 Å². The van der Waals surface area contributed by atoms with Crippen LogP contribution < -0.4 is 10.6 Å². The highest BCUT2D eigenvalue weighted by molar-refractivity contribution is 14.0. The molecular weight excluding hydrogens is 527 g/mol. The number of aliphatic imine (C=N–C) groups is 1. The molecule has 7 nitrogen and oxygen atoms in total. The van der Waals surface area contributed by atoms with E-state index in [1.165, 1.54) is 22.3 Å². The smallest absolute Gasteiger partial charge is 0.191 e. The van der Waals surface area contributed by atoms with Gasteiger partial charge in [-0.15, -0.1) is 24.0 Å². The molecule has 8 heteroatoms. The molecule has 1 aliphatic rings. The molecule has 1 fully saturated rings. The maximum absolute atomic E-state index is 5.48. The van der Waals surface area contributed by atoms with Gasteiger partial charge in [0.15, 0.2) is 5.96 Å². The quantitative estimate of drug-likeness (QED) is 0.252. The molecule has 3 aromatic rings. The van der Waals surface area contributed by atoms with E-state index < -0.39 is 0 Å².